The van der Waals surface area contributed by atoms with Gasteiger partial charge in [0.15, 0.2) is 0 Å². The molecule has 0 saturated carbocycles. The Morgan fingerprint density at radius 1 is 1.30 bits per heavy atom. The van der Waals surface area contributed by atoms with Gasteiger partial charge in [0.25, 0.3) is 0 Å². The van der Waals surface area contributed by atoms with Crippen LogP contribution in [0, 0.1) is 5.92 Å². The number of hydrogen-bond acceptors (Lipinski definition) is 3. The summed E-state index contributed by atoms with van der Waals surface area (Å²) in [5, 5.41) is 6.57. The Hall–Kier alpha value is -1.39. The highest BCUT2D eigenvalue weighted by Gasteiger charge is 2.12. The van der Waals surface area contributed by atoms with Gasteiger partial charge in [-0.15, -0.1) is 11.3 Å². The predicted octanol–water partition coefficient (Wildman–Crippen LogP) is 4.95. The van der Waals surface area contributed by atoms with Crippen molar-refractivity contribution in [2.75, 3.05) is 0 Å². The van der Waals surface area contributed by atoms with Crippen molar-refractivity contribution in [2.45, 2.75) is 46.1 Å². The molecule has 1 amide bonds. The number of benzene rings is 1. The largest absolute Gasteiger partial charge is 0.353 e. The van der Waals surface area contributed by atoms with Crippen LogP contribution in [-0.4, -0.2) is 16.9 Å². The summed E-state index contributed by atoms with van der Waals surface area (Å²) in [6.45, 7) is 6.45. The molecule has 124 valence electrons. The molecule has 0 spiro atoms. The Morgan fingerprint density at radius 3 is 2.78 bits per heavy atom. The van der Waals surface area contributed by atoms with Crippen LogP contribution in [-0.2, 0) is 11.2 Å². The summed E-state index contributed by atoms with van der Waals surface area (Å²) in [5.74, 6) is 0.692. The second kappa shape index (κ2) is 8.46. The molecule has 1 aromatic heterocycles. The minimum Gasteiger partial charge on any atom is -0.353 e. The van der Waals surface area contributed by atoms with Gasteiger partial charge in [0.2, 0.25) is 5.91 Å². The molecule has 0 aliphatic rings. The van der Waals surface area contributed by atoms with Gasteiger partial charge in [-0.3, -0.25) is 4.79 Å². The van der Waals surface area contributed by atoms with Gasteiger partial charge in [-0.25, -0.2) is 4.98 Å². The lowest BCUT2D eigenvalue weighted by molar-refractivity contribution is -0.121. The lowest BCUT2D eigenvalue weighted by atomic mass is 10.0. The van der Waals surface area contributed by atoms with Crippen molar-refractivity contribution in [3.63, 3.8) is 0 Å². The van der Waals surface area contributed by atoms with E-state index < -0.39 is 0 Å². The Kier molecular flexibility index (Phi) is 6.60. The summed E-state index contributed by atoms with van der Waals surface area (Å²) in [5.41, 5.74) is 1.79. The van der Waals surface area contributed by atoms with E-state index in [1.54, 1.807) is 0 Å². The number of carbonyl (C=O) groups excluding carboxylic acids is 1. The smallest absolute Gasteiger partial charge is 0.226 e. The van der Waals surface area contributed by atoms with Crippen LogP contribution in [0.15, 0.2) is 29.6 Å². The molecule has 0 aliphatic heterocycles. The van der Waals surface area contributed by atoms with Gasteiger partial charge in [0, 0.05) is 22.0 Å². The summed E-state index contributed by atoms with van der Waals surface area (Å²) in [4.78, 5) is 16.6. The number of hydrogen-bond donors (Lipinski definition) is 1. The molecule has 1 heterocycles. The van der Waals surface area contributed by atoms with E-state index in [1.807, 2.05) is 29.6 Å². The fraction of sp³-hybridized carbons (Fsp3) is 0.444. The van der Waals surface area contributed by atoms with Gasteiger partial charge in [-0.1, -0.05) is 37.6 Å². The summed E-state index contributed by atoms with van der Waals surface area (Å²) < 4.78 is 0. The van der Waals surface area contributed by atoms with Crippen LogP contribution >= 0.6 is 22.9 Å². The van der Waals surface area contributed by atoms with Gasteiger partial charge in [0.1, 0.15) is 5.01 Å². The normalized spacial score (nSPS) is 12.4. The molecule has 3 nitrogen and oxygen atoms in total. The lowest BCUT2D eigenvalue weighted by Gasteiger charge is -2.14. The number of nitrogens with zero attached hydrogens (tertiary/aromatic N) is 1. The first-order chi connectivity index (χ1) is 10.9. The standard InChI is InChI=1S/C18H23ClN2OS/c1-12(2)7-8-13(3)20-17(22)10-16-11-23-18(21-16)14-5-4-6-15(19)9-14/h4-6,9,11-13H,7-8,10H2,1-3H3,(H,20,22). The van der Waals surface area contributed by atoms with Gasteiger partial charge in [-0.05, 0) is 37.8 Å². The highest BCUT2D eigenvalue weighted by Crippen LogP contribution is 2.26. The van der Waals surface area contributed by atoms with Crippen LogP contribution in [0.25, 0.3) is 10.6 Å². The monoisotopic (exact) mass is 350 g/mol. The van der Waals surface area contributed by atoms with Crippen molar-refractivity contribution in [1.82, 2.24) is 10.3 Å². The van der Waals surface area contributed by atoms with Crippen molar-refractivity contribution in [3.05, 3.63) is 40.4 Å². The number of amides is 1. The first-order valence-corrected chi connectivity index (χ1v) is 9.19. The number of carbonyl (C=O) groups is 1. The van der Waals surface area contributed by atoms with Crippen LogP contribution in [0.3, 0.4) is 0 Å². The maximum absolute atomic E-state index is 12.1. The van der Waals surface area contributed by atoms with Gasteiger partial charge >= 0.3 is 0 Å². The zero-order chi connectivity index (χ0) is 16.8. The number of rotatable bonds is 7. The molecule has 0 bridgehead atoms. The van der Waals surface area contributed by atoms with E-state index in [1.165, 1.54) is 11.3 Å². The van der Waals surface area contributed by atoms with E-state index in [4.69, 9.17) is 11.6 Å². The van der Waals surface area contributed by atoms with Crippen LogP contribution < -0.4 is 5.32 Å². The fourth-order valence-electron chi connectivity index (χ4n) is 2.29. The summed E-state index contributed by atoms with van der Waals surface area (Å²) in [7, 11) is 0. The zero-order valence-electron chi connectivity index (χ0n) is 13.8. The number of nitrogens with one attached hydrogen (secondary N) is 1. The molecule has 0 saturated heterocycles. The van der Waals surface area contributed by atoms with Crippen molar-refractivity contribution in [2.24, 2.45) is 5.92 Å². The predicted molar refractivity (Wildman–Crippen MR) is 97.9 cm³/mol. The van der Waals surface area contributed by atoms with E-state index in [0.717, 1.165) is 29.1 Å². The van der Waals surface area contributed by atoms with Gasteiger partial charge in [0.05, 0.1) is 12.1 Å². The molecular formula is C18H23ClN2OS. The molecular weight excluding hydrogens is 328 g/mol. The molecule has 1 atom stereocenters. The average Bonchev–Trinajstić information content (AvgIpc) is 2.93. The highest BCUT2D eigenvalue weighted by molar-refractivity contribution is 7.13. The second-order valence-electron chi connectivity index (χ2n) is 6.27. The summed E-state index contributed by atoms with van der Waals surface area (Å²) in [6, 6.07) is 7.81. The first kappa shape index (κ1) is 18.0. The van der Waals surface area contributed by atoms with E-state index in [0.29, 0.717) is 17.4 Å². The third kappa shape index (κ3) is 5.96. The van der Waals surface area contributed by atoms with Crippen LogP contribution in [0.2, 0.25) is 5.02 Å². The molecule has 2 rings (SSSR count). The van der Waals surface area contributed by atoms with Crippen molar-refractivity contribution in [1.29, 1.82) is 0 Å². The molecule has 1 aromatic carbocycles. The van der Waals surface area contributed by atoms with Crippen molar-refractivity contribution >= 4 is 28.8 Å². The van der Waals surface area contributed by atoms with E-state index in [2.05, 4.69) is 31.1 Å². The fourth-order valence-corrected chi connectivity index (χ4v) is 3.30. The van der Waals surface area contributed by atoms with E-state index in [9.17, 15) is 4.79 Å². The summed E-state index contributed by atoms with van der Waals surface area (Å²) >= 11 is 7.54. The maximum Gasteiger partial charge on any atom is 0.226 e. The zero-order valence-corrected chi connectivity index (χ0v) is 15.4. The highest BCUT2D eigenvalue weighted by atomic mass is 35.5. The Balaban J connectivity index is 1.90. The van der Waals surface area contributed by atoms with Crippen molar-refractivity contribution in [3.8, 4) is 10.6 Å². The summed E-state index contributed by atoms with van der Waals surface area (Å²) in [6.07, 6.45) is 2.45. The number of aromatic nitrogens is 1. The minimum absolute atomic E-state index is 0.0317. The van der Waals surface area contributed by atoms with E-state index >= 15 is 0 Å². The van der Waals surface area contributed by atoms with E-state index in [-0.39, 0.29) is 11.9 Å². The molecule has 0 aliphatic carbocycles. The molecule has 23 heavy (non-hydrogen) atoms. The molecule has 1 unspecified atom stereocenters. The Morgan fingerprint density at radius 2 is 2.09 bits per heavy atom. The second-order valence-corrected chi connectivity index (χ2v) is 7.57. The van der Waals surface area contributed by atoms with Gasteiger partial charge < -0.3 is 5.32 Å². The van der Waals surface area contributed by atoms with Crippen LogP contribution in [0.5, 0.6) is 0 Å². The quantitative estimate of drug-likeness (QED) is 0.767. The molecule has 1 N–H and O–H groups in total. The average molecular weight is 351 g/mol. The molecule has 0 fully saturated rings. The van der Waals surface area contributed by atoms with Gasteiger partial charge in [-0.2, -0.15) is 0 Å². The molecule has 5 heteroatoms. The molecule has 0 radical (unpaired) electrons. The lowest BCUT2D eigenvalue weighted by Crippen LogP contribution is -2.33. The minimum atomic E-state index is 0.0317. The molecule has 2 aromatic rings. The number of halogens is 1. The van der Waals surface area contributed by atoms with Crippen LogP contribution in [0.1, 0.15) is 39.3 Å². The topological polar surface area (TPSA) is 42.0 Å². The van der Waals surface area contributed by atoms with Crippen LogP contribution in [0.4, 0.5) is 0 Å². The Bertz CT molecular complexity index is 654. The third-order valence-corrected chi connectivity index (χ3v) is 4.72. The Labute approximate surface area is 147 Å². The third-order valence-electron chi connectivity index (χ3n) is 3.55. The SMILES string of the molecule is CC(C)CCC(C)NC(=O)Cc1csc(-c2cccc(Cl)c2)n1. The number of thiazole rings is 1. The van der Waals surface area contributed by atoms with Crippen molar-refractivity contribution < 1.29 is 4.79 Å². The maximum atomic E-state index is 12.1. The first-order valence-electron chi connectivity index (χ1n) is 7.93.